The molecule has 0 atom stereocenters. The van der Waals surface area contributed by atoms with Crippen molar-refractivity contribution in [3.63, 3.8) is 0 Å². The number of amides is 1. The summed E-state index contributed by atoms with van der Waals surface area (Å²) in [6, 6.07) is 12.7. The second-order valence-corrected chi connectivity index (χ2v) is 6.17. The lowest BCUT2D eigenvalue weighted by Crippen LogP contribution is -2.13. The molecule has 0 saturated heterocycles. The lowest BCUT2D eigenvalue weighted by atomic mass is 10.2. The number of nitro benzene ring substituents is 1. The lowest BCUT2D eigenvalue weighted by molar-refractivity contribution is -0.384. The van der Waals surface area contributed by atoms with E-state index in [1.54, 1.807) is 31.4 Å². The summed E-state index contributed by atoms with van der Waals surface area (Å²) in [5.41, 5.74) is 1.17. The lowest BCUT2D eigenvalue weighted by Gasteiger charge is -2.03. The van der Waals surface area contributed by atoms with Crippen molar-refractivity contribution in [2.75, 3.05) is 18.2 Å². The van der Waals surface area contributed by atoms with Gasteiger partial charge >= 0.3 is 0 Å². The van der Waals surface area contributed by atoms with E-state index in [9.17, 15) is 14.9 Å². The highest BCUT2D eigenvalue weighted by atomic mass is 32.2. The zero-order valence-electron chi connectivity index (χ0n) is 14.1. The van der Waals surface area contributed by atoms with Crippen LogP contribution in [-0.4, -0.2) is 33.9 Å². The maximum atomic E-state index is 12.0. The molecule has 27 heavy (non-hydrogen) atoms. The number of nitrogens with one attached hydrogen (secondary N) is 1. The Balaban J connectivity index is 1.54. The smallest absolute Gasteiger partial charge is 0.277 e. The van der Waals surface area contributed by atoms with Crippen molar-refractivity contribution in [1.29, 1.82) is 0 Å². The Morgan fingerprint density at radius 2 is 1.89 bits per heavy atom. The van der Waals surface area contributed by atoms with E-state index in [2.05, 4.69) is 15.5 Å². The molecule has 1 aromatic heterocycles. The zero-order valence-corrected chi connectivity index (χ0v) is 14.9. The van der Waals surface area contributed by atoms with Crippen LogP contribution >= 0.6 is 11.8 Å². The van der Waals surface area contributed by atoms with Gasteiger partial charge in [0.2, 0.25) is 11.8 Å². The number of rotatable bonds is 7. The summed E-state index contributed by atoms with van der Waals surface area (Å²) in [6.07, 6.45) is 0. The molecule has 1 amide bonds. The van der Waals surface area contributed by atoms with Gasteiger partial charge in [-0.15, -0.1) is 10.2 Å². The molecule has 0 bridgehead atoms. The van der Waals surface area contributed by atoms with E-state index < -0.39 is 4.92 Å². The molecular formula is C17H14N4O5S. The Bertz CT molecular complexity index is 941. The number of aromatic nitrogens is 2. The normalized spacial score (nSPS) is 10.4. The second kappa shape index (κ2) is 8.32. The van der Waals surface area contributed by atoms with Crippen LogP contribution in [-0.2, 0) is 4.79 Å². The number of hydrogen-bond donors (Lipinski definition) is 1. The van der Waals surface area contributed by atoms with Gasteiger partial charge in [-0.3, -0.25) is 14.9 Å². The number of thioether (sulfide) groups is 1. The average molecular weight is 386 g/mol. The highest BCUT2D eigenvalue weighted by molar-refractivity contribution is 7.99. The molecule has 3 rings (SSSR count). The largest absolute Gasteiger partial charge is 0.497 e. The van der Waals surface area contributed by atoms with Gasteiger partial charge in [-0.05, 0) is 36.4 Å². The Morgan fingerprint density at radius 3 is 2.52 bits per heavy atom. The van der Waals surface area contributed by atoms with Crippen LogP contribution in [0, 0.1) is 10.1 Å². The number of carbonyl (C=O) groups is 1. The average Bonchev–Trinajstić information content (AvgIpc) is 3.16. The molecule has 0 radical (unpaired) electrons. The topological polar surface area (TPSA) is 120 Å². The number of non-ortho nitro benzene ring substituents is 1. The minimum absolute atomic E-state index is 0.0423. The van der Waals surface area contributed by atoms with Crippen LogP contribution in [0.25, 0.3) is 11.5 Å². The fourth-order valence-electron chi connectivity index (χ4n) is 2.11. The SMILES string of the molecule is COc1ccc(-c2nnc(SCC(=O)Nc3ccc([N+](=O)[O-])cc3)o2)cc1. The van der Waals surface area contributed by atoms with Crippen molar-refractivity contribution < 1.29 is 18.9 Å². The van der Waals surface area contributed by atoms with Crippen LogP contribution in [0.1, 0.15) is 0 Å². The number of anilines is 1. The summed E-state index contributed by atoms with van der Waals surface area (Å²) in [5.74, 6) is 0.825. The zero-order chi connectivity index (χ0) is 19.2. The molecule has 0 saturated carbocycles. The van der Waals surface area contributed by atoms with Gasteiger partial charge < -0.3 is 14.5 Å². The Labute approximate surface area is 157 Å². The first-order chi connectivity index (χ1) is 13.0. The molecular weight excluding hydrogens is 372 g/mol. The number of ether oxygens (including phenoxy) is 1. The van der Waals surface area contributed by atoms with Crippen LogP contribution in [0.5, 0.6) is 5.75 Å². The van der Waals surface area contributed by atoms with Gasteiger partial charge in [0.05, 0.1) is 17.8 Å². The predicted molar refractivity (Wildman–Crippen MR) is 98.7 cm³/mol. The van der Waals surface area contributed by atoms with Gasteiger partial charge in [-0.2, -0.15) is 0 Å². The highest BCUT2D eigenvalue weighted by Crippen LogP contribution is 2.25. The van der Waals surface area contributed by atoms with Crippen molar-refractivity contribution >= 4 is 29.0 Å². The maximum absolute atomic E-state index is 12.0. The molecule has 1 N–H and O–H groups in total. The van der Waals surface area contributed by atoms with Crippen LogP contribution in [0.2, 0.25) is 0 Å². The fraction of sp³-hybridized carbons (Fsp3) is 0.118. The van der Waals surface area contributed by atoms with Gasteiger partial charge in [0.15, 0.2) is 0 Å². The van der Waals surface area contributed by atoms with Gasteiger partial charge in [0.1, 0.15) is 5.75 Å². The second-order valence-electron chi connectivity index (χ2n) is 5.24. The van der Waals surface area contributed by atoms with E-state index in [1.807, 2.05) is 0 Å². The summed E-state index contributed by atoms with van der Waals surface area (Å²) < 4.78 is 10.6. The molecule has 138 valence electrons. The number of hydrogen-bond acceptors (Lipinski definition) is 8. The first-order valence-electron chi connectivity index (χ1n) is 7.70. The van der Waals surface area contributed by atoms with Crippen molar-refractivity contribution in [2.24, 2.45) is 0 Å². The van der Waals surface area contributed by atoms with Crippen LogP contribution < -0.4 is 10.1 Å². The van der Waals surface area contributed by atoms with Crippen LogP contribution in [0.4, 0.5) is 11.4 Å². The van der Waals surface area contributed by atoms with Crippen LogP contribution in [0.15, 0.2) is 58.2 Å². The van der Waals surface area contributed by atoms with E-state index in [-0.39, 0.29) is 22.6 Å². The number of carbonyl (C=O) groups excluding carboxylic acids is 1. The third kappa shape index (κ3) is 4.82. The molecule has 0 fully saturated rings. The van der Waals surface area contributed by atoms with E-state index >= 15 is 0 Å². The fourth-order valence-corrected chi connectivity index (χ4v) is 2.67. The van der Waals surface area contributed by atoms with Crippen molar-refractivity contribution in [3.8, 4) is 17.2 Å². The van der Waals surface area contributed by atoms with E-state index in [0.717, 1.165) is 23.1 Å². The first-order valence-corrected chi connectivity index (χ1v) is 8.69. The monoisotopic (exact) mass is 386 g/mol. The van der Waals surface area contributed by atoms with Crippen molar-refractivity contribution in [1.82, 2.24) is 10.2 Å². The molecule has 0 unspecified atom stereocenters. The predicted octanol–water partition coefficient (Wildman–Crippen LogP) is 3.38. The van der Waals surface area contributed by atoms with Gasteiger partial charge in [0.25, 0.3) is 10.9 Å². The first kappa shape index (κ1) is 18.4. The third-order valence-electron chi connectivity index (χ3n) is 3.43. The Kier molecular flexibility index (Phi) is 5.67. The Hall–Kier alpha value is -3.40. The van der Waals surface area contributed by atoms with E-state index in [1.165, 1.54) is 24.3 Å². The van der Waals surface area contributed by atoms with Gasteiger partial charge in [-0.25, -0.2) is 0 Å². The van der Waals surface area contributed by atoms with E-state index in [0.29, 0.717) is 11.6 Å². The number of nitro groups is 1. The molecule has 10 heteroatoms. The standard InChI is InChI=1S/C17H14N4O5S/c1-25-14-8-2-11(3-9-14)16-19-20-17(26-16)27-10-15(22)18-12-4-6-13(7-5-12)21(23)24/h2-9H,10H2,1H3,(H,18,22). The maximum Gasteiger partial charge on any atom is 0.277 e. The highest BCUT2D eigenvalue weighted by Gasteiger charge is 2.12. The molecule has 9 nitrogen and oxygen atoms in total. The van der Waals surface area contributed by atoms with Crippen molar-refractivity contribution in [2.45, 2.75) is 5.22 Å². The molecule has 0 aliphatic carbocycles. The summed E-state index contributed by atoms with van der Waals surface area (Å²) in [5, 5.41) is 21.4. The Morgan fingerprint density at radius 1 is 1.19 bits per heavy atom. The van der Waals surface area contributed by atoms with Crippen LogP contribution in [0.3, 0.4) is 0 Å². The summed E-state index contributed by atoms with van der Waals surface area (Å²) in [6.45, 7) is 0. The van der Waals surface area contributed by atoms with E-state index in [4.69, 9.17) is 9.15 Å². The molecule has 0 aliphatic heterocycles. The summed E-state index contributed by atoms with van der Waals surface area (Å²) >= 11 is 1.09. The third-order valence-corrected chi connectivity index (χ3v) is 4.25. The molecule has 1 heterocycles. The van der Waals surface area contributed by atoms with Gasteiger partial charge in [-0.1, -0.05) is 11.8 Å². The quantitative estimate of drug-likeness (QED) is 0.373. The number of benzene rings is 2. The van der Waals surface area contributed by atoms with Crippen molar-refractivity contribution in [3.05, 3.63) is 58.6 Å². The summed E-state index contributed by atoms with van der Waals surface area (Å²) in [4.78, 5) is 22.1. The molecule has 2 aromatic carbocycles. The molecule has 0 aliphatic rings. The number of methoxy groups -OCH3 is 1. The molecule has 3 aromatic rings. The minimum atomic E-state index is -0.503. The minimum Gasteiger partial charge on any atom is -0.497 e. The molecule has 0 spiro atoms. The number of nitrogens with zero attached hydrogens (tertiary/aromatic N) is 3. The summed E-state index contributed by atoms with van der Waals surface area (Å²) in [7, 11) is 1.58. The van der Waals surface area contributed by atoms with Gasteiger partial charge in [0, 0.05) is 23.4 Å².